The van der Waals surface area contributed by atoms with Crippen molar-refractivity contribution in [3.63, 3.8) is 0 Å². The molecular weight excluding hydrogens is 250 g/mol. The van der Waals surface area contributed by atoms with Crippen LogP contribution in [-0.4, -0.2) is 40.9 Å². The molecule has 4 heteroatoms. The van der Waals surface area contributed by atoms with Crippen LogP contribution in [0.1, 0.15) is 31.9 Å². The van der Waals surface area contributed by atoms with Gasteiger partial charge in [-0.3, -0.25) is 0 Å². The molecule has 0 aliphatic heterocycles. The first-order chi connectivity index (χ1) is 8.28. The van der Waals surface area contributed by atoms with Crippen LogP contribution in [0.3, 0.4) is 0 Å². The molecule has 2 N–H and O–H groups in total. The fourth-order valence-electron chi connectivity index (χ4n) is 1.96. The van der Waals surface area contributed by atoms with Crippen LogP contribution in [0.4, 0.5) is 0 Å². The molecule has 0 spiro atoms. The van der Waals surface area contributed by atoms with Crippen LogP contribution in [0.5, 0.6) is 0 Å². The van der Waals surface area contributed by atoms with Crippen LogP contribution in [0.15, 0.2) is 24.3 Å². The lowest BCUT2D eigenvalue weighted by Crippen LogP contribution is -2.37. The first-order valence-corrected chi connectivity index (χ1v) is 6.50. The van der Waals surface area contributed by atoms with Crippen molar-refractivity contribution >= 4 is 11.6 Å². The van der Waals surface area contributed by atoms with Gasteiger partial charge in [-0.05, 0) is 45.0 Å². The molecule has 0 fully saturated rings. The third-order valence-electron chi connectivity index (χ3n) is 2.67. The summed E-state index contributed by atoms with van der Waals surface area (Å²) in [5, 5.41) is 20.4. The Hall–Kier alpha value is -0.610. The smallest absolute Gasteiger partial charge is 0.0802 e. The third-order valence-corrected chi connectivity index (χ3v) is 2.91. The van der Waals surface area contributed by atoms with E-state index in [2.05, 4.69) is 0 Å². The summed E-state index contributed by atoms with van der Waals surface area (Å²) in [5.41, 5.74) is 0.120. The van der Waals surface area contributed by atoms with Crippen molar-refractivity contribution in [1.82, 2.24) is 4.90 Å². The summed E-state index contributed by atoms with van der Waals surface area (Å²) in [6, 6.07) is 7.27. The van der Waals surface area contributed by atoms with Crippen LogP contribution in [0.2, 0.25) is 5.02 Å². The molecular formula is C14H22ClNO2. The van der Waals surface area contributed by atoms with E-state index in [1.807, 2.05) is 24.1 Å². The molecule has 1 aromatic rings. The zero-order chi connectivity index (χ0) is 13.8. The number of halogens is 1. The number of nitrogens with zero attached hydrogens (tertiary/aromatic N) is 1. The summed E-state index contributed by atoms with van der Waals surface area (Å²) in [4.78, 5) is 2.01. The second-order valence-electron chi connectivity index (χ2n) is 5.41. The van der Waals surface area contributed by atoms with Gasteiger partial charge in [0.2, 0.25) is 0 Å². The van der Waals surface area contributed by atoms with Crippen molar-refractivity contribution in [1.29, 1.82) is 0 Å². The minimum atomic E-state index is -0.713. The van der Waals surface area contributed by atoms with Gasteiger partial charge in [0, 0.05) is 18.1 Å². The summed E-state index contributed by atoms with van der Waals surface area (Å²) in [6.07, 6.45) is 0.0976. The topological polar surface area (TPSA) is 43.7 Å². The SMILES string of the molecule is CN(CCC(O)c1cccc(Cl)c1)CC(C)(C)O. The molecule has 0 saturated carbocycles. The van der Waals surface area contributed by atoms with E-state index in [0.717, 1.165) is 12.1 Å². The van der Waals surface area contributed by atoms with Crippen molar-refractivity contribution < 1.29 is 10.2 Å². The Labute approximate surface area is 114 Å². The number of aliphatic hydroxyl groups excluding tert-OH is 1. The molecule has 0 aliphatic carbocycles. The minimum Gasteiger partial charge on any atom is -0.389 e. The van der Waals surface area contributed by atoms with Gasteiger partial charge >= 0.3 is 0 Å². The predicted octanol–water partition coefficient (Wildman–Crippen LogP) is 2.47. The maximum atomic E-state index is 10.0. The van der Waals surface area contributed by atoms with Gasteiger partial charge in [-0.2, -0.15) is 0 Å². The molecule has 0 bridgehead atoms. The fourth-order valence-corrected chi connectivity index (χ4v) is 2.16. The van der Waals surface area contributed by atoms with Gasteiger partial charge in [0.05, 0.1) is 11.7 Å². The van der Waals surface area contributed by atoms with Crippen molar-refractivity contribution in [2.75, 3.05) is 20.1 Å². The van der Waals surface area contributed by atoms with Crippen LogP contribution >= 0.6 is 11.6 Å². The summed E-state index contributed by atoms with van der Waals surface area (Å²) >= 11 is 5.88. The first kappa shape index (κ1) is 15.4. The lowest BCUT2D eigenvalue weighted by Gasteiger charge is -2.26. The molecule has 1 atom stereocenters. The molecule has 18 heavy (non-hydrogen) atoms. The van der Waals surface area contributed by atoms with E-state index in [1.54, 1.807) is 26.0 Å². The molecule has 3 nitrogen and oxygen atoms in total. The molecule has 1 rings (SSSR count). The number of aliphatic hydroxyl groups is 2. The maximum Gasteiger partial charge on any atom is 0.0802 e. The first-order valence-electron chi connectivity index (χ1n) is 6.12. The van der Waals surface area contributed by atoms with E-state index in [0.29, 0.717) is 18.0 Å². The highest BCUT2D eigenvalue weighted by Crippen LogP contribution is 2.20. The van der Waals surface area contributed by atoms with Gasteiger partial charge in [0.25, 0.3) is 0 Å². The number of likely N-dealkylation sites (N-methyl/N-ethyl adjacent to an activating group) is 1. The number of benzene rings is 1. The van der Waals surface area contributed by atoms with Gasteiger partial charge in [-0.15, -0.1) is 0 Å². The van der Waals surface area contributed by atoms with Gasteiger partial charge in [-0.25, -0.2) is 0 Å². The Morgan fingerprint density at radius 2 is 2.06 bits per heavy atom. The summed E-state index contributed by atoms with van der Waals surface area (Å²) in [6.45, 7) is 4.85. The predicted molar refractivity (Wildman–Crippen MR) is 74.8 cm³/mol. The Kier molecular flexibility index (Phi) is 5.60. The van der Waals surface area contributed by atoms with E-state index in [9.17, 15) is 10.2 Å². The van der Waals surface area contributed by atoms with E-state index < -0.39 is 11.7 Å². The summed E-state index contributed by atoms with van der Waals surface area (Å²) in [7, 11) is 1.93. The van der Waals surface area contributed by atoms with Crippen molar-refractivity contribution in [3.8, 4) is 0 Å². The summed E-state index contributed by atoms with van der Waals surface area (Å²) < 4.78 is 0. The number of hydrogen-bond donors (Lipinski definition) is 2. The van der Waals surface area contributed by atoms with E-state index >= 15 is 0 Å². The van der Waals surface area contributed by atoms with E-state index in [1.165, 1.54) is 0 Å². The highest BCUT2D eigenvalue weighted by atomic mass is 35.5. The molecule has 0 radical (unpaired) electrons. The second-order valence-corrected chi connectivity index (χ2v) is 5.85. The average molecular weight is 272 g/mol. The highest BCUT2D eigenvalue weighted by Gasteiger charge is 2.16. The van der Waals surface area contributed by atoms with Gasteiger partial charge < -0.3 is 15.1 Å². The van der Waals surface area contributed by atoms with Gasteiger partial charge in [0.15, 0.2) is 0 Å². The molecule has 102 valence electrons. The number of hydrogen-bond acceptors (Lipinski definition) is 3. The molecule has 0 aromatic heterocycles. The van der Waals surface area contributed by atoms with Crippen LogP contribution < -0.4 is 0 Å². The number of rotatable bonds is 6. The average Bonchev–Trinajstić information content (AvgIpc) is 2.23. The van der Waals surface area contributed by atoms with Crippen LogP contribution in [-0.2, 0) is 0 Å². The van der Waals surface area contributed by atoms with Crippen LogP contribution in [0.25, 0.3) is 0 Å². The quantitative estimate of drug-likeness (QED) is 0.835. The lowest BCUT2D eigenvalue weighted by molar-refractivity contribution is 0.0393. The maximum absolute atomic E-state index is 10.0. The fraction of sp³-hybridized carbons (Fsp3) is 0.571. The van der Waals surface area contributed by atoms with Gasteiger partial charge in [0.1, 0.15) is 0 Å². The Morgan fingerprint density at radius 1 is 1.39 bits per heavy atom. The molecule has 1 aromatic carbocycles. The highest BCUT2D eigenvalue weighted by molar-refractivity contribution is 6.30. The molecule has 0 heterocycles. The largest absolute Gasteiger partial charge is 0.389 e. The van der Waals surface area contributed by atoms with Crippen LogP contribution in [0, 0.1) is 0 Å². The Balaban J connectivity index is 2.44. The van der Waals surface area contributed by atoms with Crippen molar-refractivity contribution in [3.05, 3.63) is 34.9 Å². The van der Waals surface area contributed by atoms with Crippen molar-refractivity contribution in [2.45, 2.75) is 32.0 Å². The second kappa shape index (κ2) is 6.53. The molecule has 1 unspecified atom stereocenters. The van der Waals surface area contributed by atoms with Gasteiger partial charge in [-0.1, -0.05) is 23.7 Å². The van der Waals surface area contributed by atoms with E-state index in [4.69, 9.17) is 11.6 Å². The molecule has 0 amide bonds. The normalized spacial score (nSPS) is 13.9. The van der Waals surface area contributed by atoms with E-state index in [-0.39, 0.29) is 0 Å². The third kappa shape index (κ3) is 5.83. The Bertz CT molecular complexity index is 376. The molecule has 0 aliphatic rings. The van der Waals surface area contributed by atoms with Crippen molar-refractivity contribution in [2.24, 2.45) is 0 Å². The standard InChI is InChI=1S/C14H22ClNO2/c1-14(2,18)10-16(3)8-7-13(17)11-5-4-6-12(15)9-11/h4-6,9,13,17-18H,7-8,10H2,1-3H3. The summed E-state index contributed by atoms with van der Waals surface area (Å²) in [5.74, 6) is 0. The zero-order valence-corrected chi connectivity index (χ0v) is 12.0. The monoisotopic (exact) mass is 271 g/mol. The lowest BCUT2D eigenvalue weighted by atomic mass is 10.1. The molecule has 0 saturated heterocycles. The zero-order valence-electron chi connectivity index (χ0n) is 11.2. The minimum absolute atomic E-state index is 0.520. The Morgan fingerprint density at radius 3 is 2.61 bits per heavy atom.